The molecule has 0 radical (unpaired) electrons. The minimum Gasteiger partial charge on any atom is -0.367 e. The molecule has 1 fully saturated rings. The summed E-state index contributed by atoms with van der Waals surface area (Å²) >= 11 is 0. The van der Waals surface area contributed by atoms with Crippen molar-refractivity contribution in [3.05, 3.63) is 24.3 Å². The number of hydrogen-bond donors (Lipinski definition) is 2. The number of benzene rings is 1. The van der Waals surface area contributed by atoms with E-state index in [-0.39, 0.29) is 6.04 Å². The van der Waals surface area contributed by atoms with E-state index in [2.05, 4.69) is 4.72 Å². The first-order valence-corrected chi connectivity index (χ1v) is 7.62. The van der Waals surface area contributed by atoms with Crippen molar-refractivity contribution in [3.8, 4) is 0 Å². The molecule has 1 aromatic rings. The fourth-order valence-electron chi connectivity index (χ4n) is 1.97. The Morgan fingerprint density at radius 2 is 2.06 bits per heavy atom. The van der Waals surface area contributed by atoms with E-state index in [1.807, 2.05) is 24.0 Å². The molecule has 18 heavy (non-hydrogen) atoms. The van der Waals surface area contributed by atoms with Crippen LogP contribution in [0.15, 0.2) is 29.2 Å². The molecule has 0 atom stereocenters. The second kappa shape index (κ2) is 5.26. The zero-order valence-electron chi connectivity index (χ0n) is 10.5. The summed E-state index contributed by atoms with van der Waals surface area (Å²) < 4.78 is 26.9. The van der Waals surface area contributed by atoms with Crippen LogP contribution in [0, 0.1) is 0 Å². The minimum absolute atomic E-state index is 0.143. The molecule has 1 aliphatic rings. The average Bonchev–Trinajstić information content (AvgIpc) is 2.33. The van der Waals surface area contributed by atoms with Crippen LogP contribution in [0.25, 0.3) is 0 Å². The zero-order chi connectivity index (χ0) is 13.2. The molecular weight excluding hydrogens is 250 g/mol. The Labute approximate surface area is 108 Å². The van der Waals surface area contributed by atoms with Gasteiger partial charge in [0.1, 0.15) is 4.90 Å². The van der Waals surface area contributed by atoms with Gasteiger partial charge in [-0.1, -0.05) is 19.1 Å². The molecule has 0 aliphatic carbocycles. The number of rotatable bonds is 5. The molecule has 3 N–H and O–H groups in total. The molecule has 100 valence electrons. The SMILES string of the molecule is CCCNS(=O)(=O)c1ccccc1N1CC(N)C1. The fourth-order valence-corrected chi connectivity index (χ4v) is 3.33. The average molecular weight is 269 g/mol. The van der Waals surface area contributed by atoms with Gasteiger partial charge in [-0.3, -0.25) is 0 Å². The Hall–Kier alpha value is -1.11. The predicted molar refractivity (Wildman–Crippen MR) is 72.1 cm³/mol. The Balaban J connectivity index is 2.27. The number of nitrogens with zero attached hydrogens (tertiary/aromatic N) is 1. The topological polar surface area (TPSA) is 75.4 Å². The summed E-state index contributed by atoms with van der Waals surface area (Å²) in [7, 11) is -3.42. The zero-order valence-corrected chi connectivity index (χ0v) is 11.3. The van der Waals surface area contributed by atoms with E-state index in [1.54, 1.807) is 12.1 Å². The molecule has 0 aromatic heterocycles. The molecule has 5 nitrogen and oxygen atoms in total. The van der Waals surface area contributed by atoms with E-state index in [1.165, 1.54) is 0 Å². The van der Waals surface area contributed by atoms with E-state index in [4.69, 9.17) is 5.73 Å². The number of sulfonamides is 1. The molecule has 6 heteroatoms. The fraction of sp³-hybridized carbons (Fsp3) is 0.500. The van der Waals surface area contributed by atoms with Gasteiger partial charge in [0.2, 0.25) is 10.0 Å². The largest absolute Gasteiger partial charge is 0.367 e. The maximum absolute atomic E-state index is 12.2. The van der Waals surface area contributed by atoms with Gasteiger partial charge in [-0.2, -0.15) is 0 Å². The molecule has 0 saturated carbocycles. The van der Waals surface area contributed by atoms with Crippen molar-refractivity contribution < 1.29 is 8.42 Å². The molecule has 1 heterocycles. The normalized spacial score (nSPS) is 16.7. The highest BCUT2D eigenvalue weighted by Gasteiger charge is 2.28. The van der Waals surface area contributed by atoms with E-state index in [9.17, 15) is 8.42 Å². The van der Waals surface area contributed by atoms with Crippen molar-refractivity contribution in [1.82, 2.24) is 4.72 Å². The van der Waals surface area contributed by atoms with Crippen LogP contribution in [0.3, 0.4) is 0 Å². The predicted octanol–water partition coefficient (Wildman–Crippen LogP) is 0.522. The summed E-state index contributed by atoms with van der Waals surface area (Å²) in [4.78, 5) is 2.33. The molecule has 1 saturated heterocycles. The van der Waals surface area contributed by atoms with Gasteiger partial charge in [0.25, 0.3) is 0 Å². The van der Waals surface area contributed by atoms with Crippen LogP contribution in [0.1, 0.15) is 13.3 Å². The van der Waals surface area contributed by atoms with Gasteiger partial charge in [0.05, 0.1) is 5.69 Å². The molecule has 0 bridgehead atoms. The van der Waals surface area contributed by atoms with E-state index >= 15 is 0 Å². The van der Waals surface area contributed by atoms with Gasteiger partial charge in [-0.05, 0) is 18.6 Å². The quantitative estimate of drug-likeness (QED) is 0.817. The Bertz CT molecular complexity index is 510. The van der Waals surface area contributed by atoms with Crippen molar-refractivity contribution in [2.45, 2.75) is 24.3 Å². The van der Waals surface area contributed by atoms with E-state index in [0.717, 1.165) is 12.1 Å². The van der Waals surface area contributed by atoms with E-state index in [0.29, 0.717) is 24.5 Å². The van der Waals surface area contributed by atoms with Crippen molar-refractivity contribution in [2.75, 3.05) is 24.5 Å². The third kappa shape index (κ3) is 2.66. The van der Waals surface area contributed by atoms with Crippen LogP contribution in [0.5, 0.6) is 0 Å². The molecule has 0 spiro atoms. The second-order valence-electron chi connectivity index (χ2n) is 4.53. The summed E-state index contributed by atoms with van der Waals surface area (Å²) in [6.45, 7) is 3.81. The summed E-state index contributed by atoms with van der Waals surface area (Å²) in [5.74, 6) is 0. The van der Waals surface area contributed by atoms with Crippen LogP contribution in [-0.2, 0) is 10.0 Å². The van der Waals surface area contributed by atoms with E-state index < -0.39 is 10.0 Å². The van der Waals surface area contributed by atoms with Crippen LogP contribution in [0.2, 0.25) is 0 Å². The molecule has 0 unspecified atom stereocenters. The lowest BCUT2D eigenvalue weighted by Crippen LogP contribution is -2.56. The second-order valence-corrected chi connectivity index (χ2v) is 6.27. The Morgan fingerprint density at radius 3 is 2.67 bits per heavy atom. The van der Waals surface area contributed by atoms with Crippen LogP contribution in [-0.4, -0.2) is 34.1 Å². The van der Waals surface area contributed by atoms with Gasteiger partial charge in [0, 0.05) is 25.7 Å². The van der Waals surface area contributed by atoms with Crippen molar-refractivity contribution in [1.29, 1.82) is 0 Å². The first-order chi connectivity index (χ1) is 8.54. The summed E-state index contributed by atoms with van der Waals surface area (Å²) in [6.07, 6.45) is 0.774. The number of nitrogens with one attached hydrogen (secondary N) is 1. The molecule has 1 aromatic carbocycles. The van der Waals surface area contributed by atoms with Gasteiger partial charge >= 0.3 is 0 Å². The highest BCUT2D eigenvalue weighted by Crippen LogP contribution is 2.27. The lowest BCUT2D eigenvalue weighted by molar-refractivity contribution is 0.514. The number of anilines is 1. The highest BCUT2D eigenvalue weighted by atomic mass is 32.2. The number of hydrogen-bond acceptors (Lipinski definition) is 4. The maximum Gasteiger partial charge on any atom is 0.242 e. The summed E-state index contributed by atoms with van der Waals surface area (Å²) in [5.41, 5.74) is 6.48. The van der Waals surface area contributed by atoms with Crippen molar-refractivity contribution in [2.24, 2.45) is 5.73 Å². The van der Waals surface area contributed by atoms with Crippen LogP contribution in [0.4, 0.5) is 5.69 Å². The Kier molecular flexibility index (Phi) is 3.89. The van der Waals surface area contributed by atoms with Crippen molar-refractivity contribution >= 4 is 15.7 Å². The van der Waals surface area contributed by atoms with Gasteiger partial charge in [-0.25, -0.2) is 13.1 Å². The number of para-hydroxylation sites is 1. The molecule has 1 aliphatic heterocycles. The van der Waals surface area contributed by atoms with Gasteiger partial charge in [-0.15, -0.1) is 0 Å². The Morgan fingerprint density at radius 1 is 1.39 bits per heavy atom. The third-order valence-corrected chi connectivity index (χ3v) is 4.46. The lowest BCUT2D eigenvalue weighted by Gasteiger charge is -2.39. The van der Waals surface area contributed by atoms with Gasteiger partial charge < -0.3 is 10.6 Å². The first kappa shape index (κ1) is 13.3. The monoisotopic (exact) mass is 269 g/mol. The number of nitrogens with two attached hydrogens (primary N) is 1. The molecular formula is C12H19N3O2S. The first-order valence-electron chi connectivity index (χ1n) is 6.14. The van der Waals surface area contributed by atoms with Crippen molar-refractivity contribution in [3.63, 3.8) is 0 Å². The van der Waals surface area contributed by atoms with Crippen LogP contribution < -0.4 is 15.4 Å². The maximum atomic E-state index is 12.2. The van der Waals surface area contributed by atoms with Crippen LogP contribution >= 0.6 is 0 Å². The smallest absolute Gasteiger partial charge is 0.242 e. The van der Waals surface area contributed by atoms with Gasteiger partial charge in [0.15, 0.2) is 0 Å². The lowest BCUT2D eigenvalue weighted by atomic mass is 10.1. The minimum atomic E-state index is -3.42. The standard InChI is InChI=1S/C12H19N3O2S/c1-2-7-14-18(16,17)12-6-4-3-5-11(12)15-8-10(13)9-15/h3-6,10,14H,2,7-9,13H2,1H3. The molecule has 0 amide bonds. The molecule has 2 rings (SSSR count). The summed E-state index contributed by atoms with van der Waals surface area (Å²) in [6, 6.07) is 7.19. The third-order valence-electron chi connectivity index (χ3n) is 2.95. The summed E-state index contributed by atoms with van der Waals surface area (Å²) in [5, 5.41) is 0. The highest BCUT2D eigenvalue weighted by molar-refractivity contribution is 7.89.